The number of nitrogens with one attached hydrogen (secondary N) is 4. The van der Waals surface area contributed by atoms with Gasteiger partial charge in [0, 0.05) is 109 Å². The minimum absolute atomic E-state index is 0.0671. The van der Waals surface area contributed by atoms with Crippen molar-refractivity contribution in [2.24, 2.45) is 17.3 Å². The third-order valence-corrected chi connectivity index (χ3v) is 25.6. The molecule has 25 nitrogen and oxygen atoms in total. The molecule has 7 aromatic rings. The third-order valence-electron chi connectivity index (χ3n) is 23.6. The number of thiazole rings is 2. The summed E-state index contributed by atoms with van der Waals surface area (Å²) in [6, 6.07) is 26.8. The summed E-state index contributed by atoms with van der Waals surface area (Å²) in [6.07, 6.45) is 6.67. The van der Waals surface area contributed by atoms with Crippen LogP contribution in [0, 0.1) is 17.3 Å². The molecule has 2 saturated heterocycles. The average Bonchev–Trinajstić information content (AvgIpc) is 1.47. The number of esters is 3. The molecule has 8 heterocycles. The Morgan fingerprint density at radius 1 is 0.836 bits per heavy atom. The van der Waals surface area contributed by atoms with Gasteiger partial charge in [-0.1, -0.05) is 133 Å². The van der Waals surface area contributed by atoms with E-state index in [1.807, 2.05) is 130 Å². The number of benzene rings is 4. The number of anilines is 1. The summed E-state index contributed by atoms with van der Waals surface area (Å²) in [7, 11) is 5.77. The number of nitrogens with zero attached hydrogens (tertiary/aromatic N) is 6. The number of fused-ring (bicyclic) bond motifs is 6. The zero-order chi connectivity index (χ0) is 78.6. The first kappa shape index (κ1) is 80.4. The Morgan fingerprint density at radius 3 is 2.18 bits per heavy atom. The molecule has 6 aliphatic rings. The van der Waals surface area contributed by atoms with Gasteiger partial charge in [0.15, 0.2) is 6.10 Å². The molecule has 0 radical (unpaired) electrons. The predicted molar refractivity (Wildman–Crippen MR) is 417 cm³/mol. The van der Waals surface area contributed by atoms with Gasteiger partial charge in [-0.15, -0.1) is 22.7 Å². The molecule has 14 atom stereocenters. The molecule has 110 heavy (non-hydrogen) atoms. The van der Waals surface area contributed by atoms with Crippen LogP contribution in [0.25, 0.3) is 10.9 Å². The molecule has 5 aliphatic heterocycles. The van der Waals surface area contributed by atoms with E-state index in [9.17, 15) is 44.1 Å². The Bertz CT molecular complexity index is 4480. The van der Waals surface area contributed by atoms with Gasteiger partial charge in [0.2, 0.25) is 17.9 Å². The third kappa shape index (κ3) is 15.4. The van der Waals surface area contributed by atoms with Gasteiger partial charge in [-0.05, 0) is 111 Å². The minimum Gasteiger partial charge on any atom is -0.496 e. The van der Waals surface area contributed by atoms with Gasteiger partial charge in [0.1, 0.15) is 23.8 Å². The lowest BCUT2D eigenvalue weighted by Crippen LogP contribution is -2.81. The van der Waals surface area contributed by atoms with Crippen LogP contribution in [0.4, 0.5) is 15.3 Å². The number of aliphatic hydroxyl groups excluding tert-OH is 1. The molecule has 5 amide bonds. The number of alkyl carbamates (subject to hydrolysis) is 1. The number of carbonyl (C=O) groups excluding carboxylic acids is 7. The van der Waals surface area contributed by atoms with Gasteiger partial charge in [-0.3, -0.25) is 34.0 Å². The fraction of sp³-hybridized carbons (Fsp3) is 0.506. The van der Waals surface area contributed by atoms with E-state index in [4.69, 9.17) is 23.7 Å². The summed E-state index contributed by atoms with van der Waals surface area (Å²) in [4.78, 5) is 117. The quantitative estimate of drug-likeness (QED) is 0.0121. The second-order valence-corrected chi connectivity index (χ2v) is 33.0. The molecular formula is C83H104N10O15S2. The molecule has 3 fully saturated rings. The van der Waals surface area contributed by atoms with E-state index in [2.05, 4.69) is 60.6 Å². The van der Waals surface area contributed by atoms with Crippen LogP contribution in [-0.4, -0.2) is 202 Å². The highest BCUT2D eigenvalue weighted by molar-refractivity contribution is 7.09. The lowest BCUT2D eigenvalue weighted by atomic mass is 9.47. The topological polar surface area (TPSA) is 317 Å². The Hall–Kier alpha value is -9.09. The van der Waals surface area contributed by atoms with Crippen LogP contribution in [0.5, 0.6) is 5.75 Å². The number of hydrogen-bond acceptors (Lipinski definition) is 21. The highest BCUT2D eigenvalue weighted by atomic mass is 32.1. The van der Waals surface area contributed by atoms with Crippen molar-refractivity contribution >= 4 is 81.6 Å². The summed E-state index contributed by atoms with van der Waals surface area (Å²) in [5, 5.41) is 49.7. The van der Waals surface area contributed by atoms with Crippen molar-refractivity contribution in [2.75, 3.05) is 66.0 Å². The van der Waals surface area contributed by atoms with Crippen molar-refractivity contribution < 1.29 is 72.6 Å². The molecule has 1 aliphatic carbocycles. The van der Waals surface area contributed by atoms with E-state index in [0.717, 1.165) is 43.2 Å². The second-order valence-electron chi connectivity index (χ2n) is 31.1. The first-order valence-corrected chi connectivity index (χ1v) is 39.8. The second kappa shape index (κ2) is 33.5. The number of hydrogen-bond donors (Lipinski definition) is 7. The van der Waals surface area contributed by atoms with Gasteiger partial charge in [0.05, 0.1) is 78.4 Å². The van der Waals surface area contributed by atoms with Crippen LogP contribution < -0.4 is 25.6 Å². The zero-order valence-corrected chi connectivity index (χ0v) is 66.2. The largest absolute Gasteiger partial charge is 0.496 e. The Morgan fingerprint density at radius 2 is 1.55 bits per heavy atom. The van der Waals surface area contributed by atoms with Crippen LogP contribution in [0.1, 0.15) is 142 Å². The molecule has 13 rings (SSSR count). The SMILES string of the molecule is CC(C)c1nc(CN(C)C(=O)N[C@H](C(=O)N[C@@H](Cc2ccccc2)C[C@H](O)[C@H](Cc2ccccc2)NC(=O)OCc2cncs2)C(C)C)cs1.CC[C@]1(O)C[C@@H]2CN(CCc3c([nH]c4ccccc34)[C@@](C(=O)OC)(c3cc4c(cc3OC)N(C=O)[C@H]3[C@@](O)(C(=O)OC)[C@H](OC(C)=O)[C@]5(CC)C=CCN6CC[C@]43[C@@H]65)C2)C1. The lowest BCUT2D eigenvalue weighted by molar-refractivity contribution is -0.228. The number of piperidine rings is 1. The Labute approximate surface area is 650 Å². The number of aromatic amines is 1. The number of aliphatic hydroxyl groups is 3. The first-order valence-electron chi connectivity index (χ1n) is 38.1. The van der Waals surface area contributed by atoms with Gasteiger partial charge in [-0.25, -0.2) is 19.4 Å². The number of ether oxygens (including phenoxy) is 5. The summed E-state index contributed by atoms with van der Waals surface area (Å²) in [5.74, 6) is -2.34. The first-order chi connectivity index (χ1) is 52.7. The monoisotopic (exact) mass is 1540 g/mol. The molecule has 4 aromatic carbocycles. The van der Waals surface area contributed by atoms with Crippen LogP contribution in [-0.2, 0) is 86.2 Å². The van der Waals surface area contributed by atoms with E-state index in [-0.39, 0.29) is 43.2 Å². The lowest BCUT2D eigenvalue weighted by Gasteiger charge is -2.63. The molecular weight excluding hydrogens is 1440 g/mol. The summed E-state index contributed by atoms with van der Waals surface area (Å²) >= 11 is 2.95. The van der Waals surface area contributed by atoms with Crippen molar-refractivity contribution in [3.8, 4) is 5.75 Å². The van der Waals surface area contributed by atoms with Crippen molar-refractivity contribution in [3.63, 3.8) is 0 Å². The fourth-order valence-corrected chi connectivity index (χ4v) is 20.1. The molecule has 27 heteroatoms. The average molecular weight is 1550 g/mol. The molecule has 2 bridgehead atoms. The standard InChI is InChI=1S/C46H56N4O10.C37H48N6O5S2/c1-7-42(55)22-28-23-45(40(53)58-5,36-30(14-18-48(24-28)25-42)29-12-9-10-13-33(29)47-36)32-20-31-34(21-35(32)57-4)50(26-51)38-44(31)16-19-49-17-11-15-43(8-2,37(44)49)39(60-27(3)52)46(38,56)41(54)59-6;1-24(2)33(42-36(46)43(5)20-29-22-49-35(40-29)25(3)4)34(45)39-28(16-26-12-8-6-9-13-26)18-32(44)31(17-27-14-10-7-11-15-27)41-37(47)48-21-30-19-38-23-50-30/h9-13,15,20-21,26,28,37-39,47,55-56H,7-8,14,16-19,22-25H2,1-6H3;6-15,19,22-25,28,31-33,44H,16-18,20-21H2,1-5H3,(H,39,45)(H,41,47)(H,42,46)/t28-,37-,38+,39+,42-,43+,44+,45-,46-;28-,31-,32-,33-/m00/s1. The summed E-state index contributed by atoms with van der Waals surface area (Å²) in [5.41, 5.74) is 1.20. The van der Waals surface area contributed by atoms with Crippen LogP contribution in [0.3, 0.4) is 0 Å². The van der Waals surface area contributed by atoms with E-state index < -0.39 is 93.9 Å². The van der Waals surface area contributed by atoms with Crippen molar-refractivity contribution in [3.05, 3.63) is 175 Å². The number of H-pyrrole nitrogens is 1. The highest BCUT2D eigenvalue weighted by Gasteiger charge is 2.81. The number of urea groups is 1. The fourth-order valence-electron chi connectivity index (χ4n) is 18.8. The Kier molecular flexibility index (Phi) is 24.5. The predicted octanol–water partition coefficient (Wildman–Crippen LogP) is 9.42. The van der Waals surface area contributed by atoms with E-state index >= 15 is 4.79 Å². The van der Waals surface area contributed by atoms with Gasteiger partial charge < -0.3 is 69.7 Å². The number of carbonyl (C=O) groups is 7. The smallest absolute Gasteiger partial charge is 0.407 e. The molecule has 1 unspecified atom stereocenters. The molecule has 7 N–H and O–H groups in total. The highest BCUT2D eigenvalue weighted by Crippen LogP contribution is 2.68. The zero-order valence-electron chi connectivity index (χ0n) is 64.5. The number of rotatable bonds is 25. The number of aromatic nitrogens is 3. The maximum Gasteiger partial charge on any atom is 0.407 e. The molecule has 1 saturated carbocycles. The van der Waals surface area contributed by atoms with Crippen molar-refractivity contribution in [2.45, 2.75) is 190 Å². The number of methoxy groups -OCH3 is 3. The van der Waals surface area contributed by atoms with Gasteiger partial charge in [-0.2, -0.15) is 0 Å². The molecule has 1 spiro atoms. The molecule has 3 aromatic heterocycles. The summed E-state index contributed by atoms with van der Waals surface area (Å²) < 4.78 is 29.1. The Balaban J connectivity index is 0.000000209. The summed E-state index contributed by atoms with van der Waals surface area (Å²) in [6.45, 7) is 16.4. The molecule has 588 valence electrons. The van der Waals surface area contributed by atoms with Crippen molar-refractivity contribution in [1.29, 1.82) is 0 Å². The van der Waals surface area contributed by atoms with Crippen molar-refractivity contribution in [1.82, 2.24) is 45.6 Å². The van der Waals surface area contributed by atoms with Crippen LogP contribution >= 0.6 is 22.7 Å². The number of para-hydroxylation sites is 1. The van der Waals surface area contributed by atoms with E-state index in [0.29, 0.717) is 125 Å². The van der Waals surface area contributed by atoms with Gasteiger partial charge >= 0.3 is 30.0 Å². The maximum absolute atomic E-state index is 15.3. The van der Waals surface area contributed by atoms with E-state index in [1.54, 1.807) is 36.2 Å². The maximum atomic E-state index is 15.3. The normalized spacial score (nSPS) is 26.1. The van der Waals surface area contributed by atoms with Gasteiger partial charge in [0.25, 0.3) is 0 Å². The number of amides is 5. The van der Waals surface area contributed by atoms with E-state index in [1.165, 1.54) is 49.4 Å². The van der Waals surface area contributed by atoms with Crippen LogP contribution in [0.2, 0.25) is 0 Å². The minimum atomic E-state index is -2.53. The van der Waals surface area contributed by atoms with Crippen LogP contribution in [0.15, 0.2) is 126 Å².